The first kappa shape index (κ1) is 14.6. The van der Waals surface area contributed by atoms with Gasteiger partial charge in [0.05, 0.1) is 5.56 Å². The molecule has 0 saturated carbocycles. The van der Waals surface area contributed by atoms with Crippen LogP contribution in [0.2, 0.25) is 0 Å². The van der Waals surface area contributed by atoms with Crippen LogP contribution < -0.4 is 10.6 Å². The van der Waals surface area contributed by atoms with Crippen LogP contribution in [-0.4, -0.2) is 23.7 Å². The normalized spacial score (nSPS) is 9.11. The topological polar surface area (TPSA) is 78.4 Å². The maximum Gasteiger partial charge on any atom is 0.335 e. The van der Waals surface area contributed by atoms with Gasteiger partial charge in [0, 0.05) is 19.5 Å². The number of carboxylic acids is 1. The molecule has 0 aliphatic heterocycles. The number of hydrogen-bond acceptors (Lipinski definition) is 2. The minimum Gasteiger partial charge on any atom is -0.478 e. The van der Waals surface area contributed by atoms with Gasteiger partial charge in [-0.05, 0) is 24.6 Å². The lowest BCUT2D eigenvalue weighted by atomic mass is 10.1. The maximum atomic E-state index is 11.4. The molecule has 5 nitrogen and oxygen atoms in total. The Hall–Kier alpha value is -2.48. The van der Waals surface area contributed by atoms with Crippen molar-refractivity contribution in [2.24, 2.45) is 0 Å². The largest absolute Gasteiger partial charge is 0.478 e. The predicted octanol–water partition coefficient (Wildman–Crippen LogP) is 1.60. The van der Waals surface area contributed by atoms with E-state index in [4.69, 9.17) is 5.11 Å². The molecule has 2 amide bonds. The van der Waals surface area contributed by atoms with E-state index in [0.717, 1.165) is 5.56 Å². The lowest BCUT2D eigenvalue weighted by molar-refractivity contribution is 0.0696. The van der Waals surface area contributed by atoms with E-state index in [0.29, 0.717) is 13.0 Å². The quantitative estimate of drug-likeness (QED) is 0.556. The number of amides is 2. The minimum atomic E-state index is -0.982. The first-order chi connectivity index (χ1) is 9.13. The highest BCUT2D eigenvalue weighted by Crippen LogP contribution is 2.04. The summed E-state index contributed by atoms with van der Waals surface area (Å²) < 4.78 is 0. The molecule has 0 aromatic heterocycles. The van der Waals surface area contributed by atoms with Crippen LogP contribution in [0.4, 0.5) is 4.79 Å². The number of urea groups is 1. The number of rotatable bonds is 5. The zero-order valence-electron chi connectivity index (χ0n) is 10.7. The van der Waals surface area contributed by atoms with Crippen LogP contribution in [-0.2, 0) is 6.54 Å². The lowest BCUT2D eigenvalue weighted by Gasteiger charge is -2.07. The van der Waals surface area contributed by atoms with Crippen molar-refractivity contribution in [3.05, 3.63) is 35.4 Å². The Balaban J connectivity index is 2.39. The third-order valence-corrected chi connectivity index (χ3v) is 2.34. The molecule has 0 heterocycles. The number of nitrogens with one attached hydrogen (secondary N) is 2. The van der Waals surface area contributed by atoms with E-state index < -0.39 is 5.97 Å². The van der Waals surface area contributed by atoms with Gasteiger partial charge in [-0.25, -0.2) is 9.59 Å². The van der Waals surface area contributed by atoms with Gasteiger partial charge in [0.25, 0.3) is 0 Å². The van der Waals surface area contributed by atoms with Gasteiger partial charge in [-0.3, -0.25) is 0 Å². The van der Waals surface area contributed by atoms with Gasteiger partial charge in [0.1, 0.15) is 0 Å². The Bertz CT molecular complexity index is 515. The number of carbonyl (C=O) groups is 2. The molecule has 0 unspecified atom stereocenters. The summed E-state index contributed by atoms with van der Waals surface area (Å²) in [4.78, 5) is 22.2. The summed E-state index contributed by atoms with van der Waals surface area (Å²) in [6, 6.07) is 6.16. The average Bonchev–Trinajstić information content (AvgIpc) is 2.41. The fraction of sp³-hybridized carbons (Fsp3) is 0.286. The fourth-order valence-electron chi connectivity index (χ4n) is 1.42. The van der Waals surface area contributed by atoms with Gasteiger partial charge in [-0.2, -0.15) is 0 Å². The summed E-state index contributed by atoms with van der Waals surface area (Å²) in [5.74, 6) is 4.60. The summed E-state index contributed by atoms with van der Waals surface area (Å²) in [6.45, 7) is 2.52. The van der Waals surface area contributed by atoms with Gasteiger partial charge in [0.2, 0.25) is 0 Å². The molecular weight excluding hydrogens is 244 g/mol. The molecular formula is C14H16N2O3. The number of aromatic carboxylic acids is 1. The van der Waals surface area contributed by atoms with Crippen molar-refractivity contribution in [3.8, 4) is 11.8 Å². The van der Waals surface area contributed by atoms with Crippen molar-refractivity contribution >= 4 is 12.0 Å². The monoisotopic (exact) mass is 260 g/mol. The van der Waals surface area contributed by atoms with Gasteiger partial charge in [-0.15, -0.1) is 11.8 Å². The van der Waals surface area contributed by atoms with Gasteiger partial charge in [-0.1, -0.05) is 12.1 Å². The summed E-state index contributed by atoms with van der Waals surface area (Å²) >= 11 is 0. The summed E-state index contributed by atoms with van der Waals surface area (Å²) in [6.07, 6.45) is 0.610. The first-order valence-electron chi connectivity index (χ1n) is 5.87. The van der Waals surface area contributed by atoms with E-state index in [1.54, 1.807) is 19.1 Å². The van der Waals surface area contributed by atoms with E-state index in [1.165, 1.54) is 12.1 Å². The number of carboxylic acid groups (broad SMARTS) is 1. The van der Waals surface area contributed by atoms with Crippen LogP contribution in [0.1, 0.15) is 29.3 Å². The maximum absolute atomic E-state index is 11.4. The third kappa shape index (κ3) is 5.59. The molecule has 0 fully saturated rings. The molecule has 0 spiro atoms. The highest BCUT2D eigenvalue weighted by atomic mass is 16.4. The van der Waals surface area contributed by atoms with Crippen LogP contribution in [0.3, 0.4) is 0 Å². The zero-order chi connectivity index (χ0) is 14.1. The molecule has 100 valence electrons. The molecule has 1 rings (SSSR count). The molecule has 5 heteroatoms. The van der Waals surface area contributed by atoms with Gasteiger partial charge < -0.3 is 15.7 Å². The molecule has 0 atom stereocenters. The van der Waals surface area contributed by atoms with Crippen molar-refractivity contribution in [3.63, 3.8) is 0 Å². The second kappa shape index (κ2) is 7.77. The standard InChI is InChI=1S/C14H16N2O3/c1-2-3-4-8-15-14(19)16-10-11-6-5-7-12(9-11)13(17)18/h5-7,9H,4,8,10H2,1H3,(H,17,18)(H2,15,16,19). The Morgan fingerprint density at radius 1 is 1.32 bits per heavy atom. The summed E-state index contributed by atoms with van der Waals surface area (Å²) in [5.41, 5.74) is 0.946. The van der Waals surface area contributed by atoms with E-state index in [9.17, 15) is 9.59 Å². The van der Waals surface area contributed by atoms with E-state index in [1.807, 2.05) is 0 Å². The van der Waals surface area contributed by atoms with Crippen LogP contribution >= 0.6 is 0 Å². The molecule has 3 N–H and O–H groups in total. The molecule has 0 aliphatic rings. The molecule has 1 aromatic carbocycles. The molecule has 0 aliphatic carbocycles. The molecule has 0 radical (unpaired) electrons. The van der Waals surface area contributed by atoms with E-state index in [-0.39, 0.29) is 18.1 Å². The Kier molecular flexibility index (Phi) is 5.96. The predicted molar refractivity (Wildman–Crippen MR) is 71.7 cm³/mol. The fourth-order valence-corrected chi connectivity index (χ4v) is 1.42. The SMILES string of the molecule is CC#CCCNC(=O)NCc1cccc(C(=O)O)c1. The van der Waals surface area contributed by atoms with E-state index in [2.05, 4.69) is 22.5 Å². The van der Waals surface area contributed by atoms with Crippen molar-refractivity contribution in [2.75, 3.05) is 6.54 Å². The molecule has 0 bridgehead atoms. The van der Waals surface area contributed by atoms with Crippen LogP contribution in [0, 0.1) is 11.8 Å². The van der Waals surface area contributed by atoms with Crippen LogP contribution in [0.25, 0.3) is 0 Å². The highest BCUT2D eigenvalue weighted by Gasteiger charge is 2.04. The van der Waals surface area contributed by atoms with Crippen molar-refractivity contribution < 1.29 is 14.7 Å². The Morgan fingerprint density at radius 2 is 2.11 bits per heavy atom. The number of carbonyl (C=O) groups excluding carboxylic acids is 1. The third-order valence-electron chi connectivity index (χ3n) is 2.34. The second-order valence-corrected chi connectivity index (χ2v) is 3.79. The van der Waals surface area contributed by atoms with Crippen molar-refractivity contribution in [2.45, 2.75) is 19.9 Å². The molecule has 19 heavy (non-hydrogen) atoms. The smallest absolute Gasteiger partial charge is 0.335 e. The zero-order valence-corrected chi connectivity index (χ0v) is 10.7. The number of benzene rings is 1. The molecule has 1 aromatic rings. The van der Waals surface area contributed by atoms with Crippen LogP contribution in [0.5, 0.6) is 0 Å². The van der Waals surface area contributed by atoms with Crippen molar-refractivity contribution in [1.82, 2.24) is 10.6 Å². The Morgan fingerprint density at radius 3 is 2.79 bits per heavy atom. The summed E-state index contributed by atoms with van der Waals surface area (Å²) in [5, 5.41) is 14.1. The second-order valence-electron chi connectivity index (χ2n) is 3.79. The van der Waals surface area contributed by atoms with Crippen molar-refractivity contribution in [1.29, 1.82) is 0 Å². The van der Waals surface area contributed by atoms with Gasteiger partial charge in [0.15, 0.2) is 0 Å². The lowest BCUT2D eigenvalue weighted by Crippen LogP contribution is -2.35. The summed E-state index contributed by atoms with van der Waals surface area (Å²) in [7, 11) is 0. The molecule has 0 saturated heterocycles. The Labute approximate surface area is 112 Å². The number of hydrogen-bond donors (Lipinski definition) is 3. The van der Waals surface area contributed by atoms with Gasteiger partial charge >= 0.3 is 12.0 Å². The van der Waals surface area contributed by atoms with E-state index >= 15 is 0 Å². The average molecular weight is 260 g/mol. The minimum absolute atomic E-state index is 0.206. The van der Waals surface area contributed by atoms with Crippen LogP contribution in [0.15, 0.2) is 24.3 Å². The first-order valence-corrected chi connectivity index (χ1v) is 5.87. The highest BCUT2D eigenvalue weighted by molar-refractivity contribution is 5.87.